The van der Waals surface area contributed by atoms with E-state index in [2.05, 4.69) is 5.32 Å². The quantitative estimate of drug-likeness (QED) is 0.600. The van der Waals surface area contributed by atoms with Crippen molar-refractivity contribution in [2.24, 2.45) is 0 Å². The molecule has 7 heteroatoms. The van der Waals surface area contributed by atoms with E-state index in [4.69, 9.17) is 49.0 Å². The smallest absolute Gasteiger partial charge is 0.163 e. The number of benzene rings is 2. The molecule has 0 saturated carbocycles. The number of hydrogen-bond acceptors (Lipinski definition) is 4. The van der Waals surface area contributed by atoms with Gasteiger partial charge in [0.25, 0.3) is 0 Å². The van der Waals surface area contributed by atoms with E-state index in [1.54, 1.807) is 31.4 Å². The van der Waals surface area contributed by atoms with E-state index < -0.39 is 0 Å². The Hall–Kier alpha value is -1.17. The highest BCUT2D eigenvalue weighted by molar-refractivity contribution is 6.36. The third-order valence-electron chi connectivity index (χ3n) is 4.48. The Balaban J connectivity index is 1.66. The maximum atomic E-state index is 6.44. The molecule has 1 aliphatic rings. The van der Waals surface area contributed by atoms with E-state index in [1.807, 2.05) is 6.07 Å². The van der Waals surface area contributed by atoms with E-state index in [9.17, 15) is 0 Å². The van der Waals surface area contributed by atoms with Gasteiger partial charge in [-0.1, -0.05) is 40.9 Å². The molecular weight excluding hydrogens is 409 g/mol. The molecular formula is C20H22Cl3NO3. The number of methoxy groups -OCH3 is 1. The Kier molecular flexibility index (Phi) is 7.50. The fourth-order valence-electron chi connectivity index (χ4n) is 2.98. The molecule has 0 bridgehead atoms. The summed E-state index contributed by atoms with van der Waals surface area (Å²) < 4.78 is 17.0. The van der Waals surface area contributed by atoms with Crippen LogP contribution in [0.1, 0.15) is 24.0 Å². The highest BCUT2D eigenvalue weighted by Gasteiger charge is 2.16. The summed E-state index contributed by atoms with van der Waals surface area (Å²) in [6.45, 7) is 2.51. The van der Waals surface area contributed by atoms with Gasteiger partial charge in [0, 0.05) is 46.4 Å². The van der Waals surface area contributed by atoms with Gasteiger partial charge in [-0.05, 0) is 36.6 Å². The van der Waals surface area contributed by atoms with Crippen LogP contribution in [0.4, 0.5) is 0 Å². The van der Waals surface area contributed by atoms with Crippen LogP contribution in [0.15, 0.2) is 30.3 Å². The molecule has 1 N–H and O–H groups in total. The lowest BCUT2D eigenvalue weighted by atomic mass is 10.2. The van der Waals surface area contributed by atoms with Gasteiger partial charge in [0.1, 0.15) is 6.61 Å². The Morgan fingerprint density at radius 2 is 1.89 bits per heavy atom. The molecule has 1 atom stereocenters. The third-order valence-corrected chi connectivity index (χ3v) is 5.54. The predicted octanol–water partition coefficient (Wildman–Crippen LogP) is 5.50. The summed E-state index contributed by atoms with van der Waals surface area (Å²) >= 11 is 18.8. The average molecular weight is 431 g/mol. The second-order valence-corrected chi connectivity index (χ2v) is 7.57. The van der Waals surface area contributed by atoms with Gasteiger partial charge in [-0.25, -0.2) is 0 Å². The van der Waals surface area contributed by atoms with Gasteiger partial charge < -0.3 is 19.5 Å². The molecule has 0 radical (unpaired) electrons. The van der Waals surface area contributed by atoms with Crippen LogP contribution < -0.4 is 14.8 Å². The fourth-order valence-corrected chi connectivity index (χ4v) is 3.71. The SMILES string of the molecule is COc1cc(CNCC2CCCO2)c(Cl)cc1OCc1c(Cl)cccc1Cl. The van der Waals surface area contributed by atoms with Crippen molar-refractivity contribution in [2.75, 3.05) is 20.3 Å². The van der Waals surface area contributed by atoms with Crippen LogP contribution in [-0.4, -0.2) is 26.4 Å². The summed E-state index contributed by atoms with van der Waals surface area (Å²) in [5.74, 6) is 1.15. The minimum Gasteiger partial charge on any atom is -0.493 e. The molecule has 2 aromatic rings. The van der Waals surface area contributed by atoms with Crippen molar-refractivity contribution in [3.8, 4) is 11.5 Å². The topological polar surface area (TPSA) is 39.7 Å². The highest BCUT2D eigenvalue weighted by atomic mass is 35.5. The maximum absolute atomic E-state index is 6.44. The Morgan fingerprint density at radius 3 is 2.56 bits per heavy atom. The molecule has 0 aliphatic carbocycles. The largest absolute Gasteiger partial charge is 0.493 e. The van der Waals surface area contributed by atoms with E-state index in [0.29, 0.717) is 33.1 Å². The van der Waals surface area contributed by atoms with Crippen molar-refractivity contribution >= 4 is 34.8 Å². The first-order valence-electron chi connectivity index (χ1n) is 8.83. The molecule has 0 amide bonds. The molecule has 1 heterocycles. The van der Waals surface area contributed by atoms with Crippen LogP contribution in [0.25, 0.3) is 0 Å². The molecule has 1 saturated heterocycles. The number of rotatable bonds is 8. The first kappa shape index (κ1) is 20.6. The lowest BCUT2D eigenvalue weighted by Gasteiger charge is -2.16. The first-order chi connectivity index (χ1) is 13.1. The summed E-state index contributed by atoms with van der Waals surface area (Å²) in [7, 11) is 1.60. The standard InChI is InChI=1S/C20H22Cl3NO3/c1-25-19-8-13(10-24-11-14-4-3-7-26-14)18(23)9-20(19)27-12-15-16(21)5-2-6-17(15)22/h2,5-6,8-9,14,24H,3-4,7,10-12H2,1H3. The summed E-state index contributed by atoms with van der Waals surface area (Å²) in [6, 6.07) is 8.99. The number of halogens is 3. The van der Waals surface area contributed by atoms with Crippen molar-refractivity contribution in [2.45, 2.75) is 32.1 Å². The summed E-state index contributed by atoms with van der Waals surface area (Å²) in [5, 5.41) is 5.11. The number of nitrogens with one attached hydrogen (secondary N) is 1. The van der Waals surface area contributed by atoms with Crippen molar-refractivity contribution in [1.82, 2.24) is 5.32 Å². The van der Waals surface area contributed by atoms with Crippen molar-refractivity contribution in [1.29, 1.82) is 0 Å². The van der Waals surface area contributed by atoms with E-state index in [1.165, 1.54) is 0 Å². The molecule has 1 unspecified atom stereocenters. The van der Waals surface area contributed by atoms with Gasteiger partial charge >= 0.3 is 0 Å². The molecule has 4 nitrogen and oxygen atoms in total. The van der Waals surface area contributed by atoms with Gasteiger partial charge in [-0.15, -0.1) is 0 Å². The third kappa shape index (κ3) is 5.43. The Morgan fingerprint density at radius 1 is 1.11 bits per heavy atom. The monoisotopic (exact) mass is 429 g/mol. The van der Waals surface area contributed by atoms with E-state index >= 15 is 0 Å². The van der Waals surface area contributed by atoms with Gasteiger partial charge in [0.2, 0.25) is 0 Å². The maximum Gasteiger partial charge on any atom is 0.163 e. The summed E-state index contributed by atoms with van der Waals surface area (Å²) in [6.07, 6.45) is 2.51. The zero-order valence-electron chi connectivity index (χ0n) is 15.1. The van der Waals surface area contributed by atoms with Crippen LogP contribution in [0.2, 0.25) is 15.1 Å². The highest BCUT2D eigenvalue weighted by Crippen LogP contribution is 2.35. The van der Waals surface area contributed by atoms with Crippen LogP contribution in [-0.2, 0) is 17.9 Å². The van der Waals surface area contributed by atoms with Crippen LogP contribution in [0.5, 0.6) is 11.5 Å². The Labute approximate surface area is 174 Å². The van der Waals surface area contributed by atoms with Gasteiger partial charge in [0.15, 0.2) is 11.5 Å². The summed E-state index contributed by atoms with van der Waals surface area (Å²) in [4.78, 5) is 0. The zero-order valence-corrected chi connectivity index (χ0v) is 17.3. The lowest BCUT2D eigenvalue weighted by Crippen LogP contribution is -2.25. The van der Waals surface area contributed by atoms with E-state index in [0.717, 1.165) is 37.1 Å². The second kappa shape index (κ2) is 9.85. The van der Waals surface area contributed by atoms with Gasteiger partial charge in [-0.3, -0.25) is 0 Å². The number of hydrogen-bond donors (Lipinski definition) is 1. The average Bonchev–Trinajstić information content (AvgIpc) is 3.16. The fraction of sp³-hybridized carbons (Fsp3) is 0.400. The van der Waals surface area contributed by atoms with Crippen LogP contribution in [0, 0.1) is 0 Å². The molecule has 1 fully saturated rings. The van der Waals surface area contributed by atoms with Crippen LogP contribution in [0.3, 0.4) is 0 Å². The molecule has 0 spiro atoms. The van der Waals surface area contributed by atoms with Crippen molar-refractivity contribution in [3.63, 3.8) is 0 Å². The van der Waals surface area contributed by atoms with Crippen LogP contribution >= 0.6 is 34.8 Å². The normalized spacial score (nSPS) is 16.5. The molecule has 1 aliphatic heterocycles. The van der Waals surface area contributed by atoms with E-state index in [-0.39, 0.29) is 12.7 Å². The predicted molar refractivity (Wildman–Crippen MR) is 109 cm³/mol. The van der Waals surface area contributed by atoms with Gasteiger partial charge in [0.05, 0.1) is 13.2 Å². The van der Waals surface area contributed by atoms with Gasteiger partial charge in [-0.2, -0.15) is 0 Å². The van der Waals surface area contributed by atoms with Crippen molar-refractivity contribution in [3.05, 3.63) is 56.5 Å². The Bertz CT molecular complexity index is 759. The minimum atomic E-state index is 0.224. The molecule has 3 rings (SSSR count). The zero-order chi connectivity index (χ0) is 19.2. The lowest BCUT2D eigenvalue weighted by molar-refractivity contribution is 0.110. The molecule has 27 heavy (non-hydrogen) atoms. The van der Waals surface area contributed by atoms with Crippen molar-refractivity contribution < 1.29 is 14.2 Å². The number of ether oxygens (including phenoxy) is 3. The molecule has 146 valence electrons. The molecule has 2 aromatic carbocycles. The first-order valence-corrected chi connectivity index (χ1v) is 9.96. The summed E-state index contributed by atoms with van der Waals surface area (Å²) in [5.41, 5.74) is 1.66. The minimum absolute atomic E-state index is 0.224. The molecule has 0 aromatic heterocycles. The second-order valence-electron chi connectivity index (χ2n) is 6.35.